The van der Waals surface area contributed by atoms with Crippen molar-refractivity contribution in [3.8, 4) is 0 Å². The zero-order valence-corrected chi connectivity index (χ0v) is 20.7. The van der Waals surface area contributed by atoms with Crippen molar-refractivity contribution < 1.29 is 9.59 Å². The molecule has 1 amide bonds. The van der Waals surface area contributed by atoms with Crippen molar-refractivity contribution in [2.75, 3.05) is 25.5 Å². The third kappa shape index (κ3) is 4.71. The first kappa shape index (κ1) is 23.0. The number of rotatable bonds is 8. The van der Waals surface area contributed by atoms with Gasteiger partial charge in [0.25, 0.3) is 11.7 Å². The highest BCUT2D eigenvalue weighted by Crippen LogP contribution is 2.63. The molecule has 178 valence electrons. The highest BCUT2D eigenvalue weighted by molar-refractivity contribution is 7.13. The average molecular weight is 477 g/mol. The number of hydrogen-bond donors (Lipinski definition) is 1. The summed E-state index contributed by atoms with van der Waals surface area (Å²) in [5, 5.41) is 5.79. The van der Waals surface area contributed by atoms with Crippen molar-refractivity contribution in [3.05, 3.63) is 52.5 Å². The van der Waals surface area contributed by atoms with Crippen molar-refractivity contribution in [1.82, 2.24) is 15.3 Å². The van der Waals surface area contributed by atoms with Crippen LogP contribution < -0.4 is 10.2 Å². The third-order valence-corrected chi connectivity index (χ3v) is 8.60. The Morgan fingerprint density at radius 1 is 1.12 bits per heavy atom. The lowest BCUT2D eigenvalue weighted by atomic mass is 9.78. The Balaban J connectivity index is 1.10. The Kier molecular flexibility index (Phi) is 6.38. The second kappa shape index (κ2) is 9.45. The Bertz CT molecular complexity index is 1180. The van der Waals surface area contributed by atoms with Gasteiger partial charge in [0, 0.05) is 32.4 Å². The molecule has 2 fully saturated rings. The number of nitrogens with one attached hydrogen (secondary N) is 1. The lowest BCUT2D eigenvalue weighted by Gasteiger charge is -2.29. The van der Waals surface area contributed by atoms with Crippen molar-refractivity contribution in [2.24, 2.45) is 17.3 Å². The number of anilines is 1. The number of amides is 1. The molecule has 2 saturated carbocycles. The van der Waals surface area contributed by atoms with Crippen LogP contribution in [0.15, 0.2) is 41.8 Å². The molecule has 0 unspecified atom stereocenters. The van der Waals surface area contributed by atoms with Crippen LogP contribution in [0.25, 0.3) is 10.9 Å². The zero-order valence-electron chi connectivity index (χ0n) is 19.9. The van der Waals surface area contributed by atoms with E-state index in [1.807, 2.05) is 31.6 Å². The average Bonchev–Trinajstić information content (AvgIpc) is 3.24. The van der Waals surface area contributed by atoms with Gasteiger partial charge in [-0.1, -0.05) is 18.2 Å². The highest BCUT2D eigenvalue weighted by atomic mass is 32.1. The van der Waals surface area contributed by atoms with E-state index in [-0.39, 0.29) is 0 Å². The van der Waals surface area contributed by atoms with Gasteiger partial charge < -0.3 is 10.2 Å². The maximum absolute atomic E-state index is 12.2. The fraction of sp³-hybridized carbons (Fsp3) is 0.481. The van der Waals surface area contributed by atoms with Crippen molar-refractivity contribution in [3.63, 3.8) is 0 Å². The number of thiophene rings is 1. The van der Waals surface area contributed by atoms with Gasteiger partial charge in [-0.3, -0.25) is 9.59 Å². The monoisotopic (exact) mass is 476 g/mol. The van der Waals surface area contributed by atoms with Gasteiger partial charge >= 0.3 is 0 Å². The molecule has 3 aromatic rings. The number of nitrogens with zero attached hydrogens (tertiary/aromatic N) is 3. The first-order chi connectivity index (χ1) is 16.4. The Morgan fingerprint density at radius 2 is 1.91 bits per heavy atom. The fourth-order valence-corrected chi connectivity index (χ4v) is 6.27. The van der Waals surface area contributed by atoms with Crippen LogP contribution in [0.1, 0.15) is 54.0 Å². The molecule has 1 N–H and O–H groups in total. The predicted molar refractivity (Wildman–Crippen MR) is 136 cm³/mol. The summed E-state index contributed by atoms with van der Waals surface area (Å²) in [6.45, 7) is 0.606. The summed E-state index contributed by atoms with van der Waals surface area (Å²) in [5.74, 6) is 2.26. The molecule has 7 heteroatoms. The van der Waals surface area contributed by atoms with Crippen LogP contribution >= 0.6 is 11.3 Å². The number of fused-ring (bicyclic) bond motifs is 1. The zero-order chi connectivity index (χ0) is 23.7. The molecule has 2 heterocycles. The van der Waals surface area contributed by atoms with Gasteiger partial charge in [0.05, 0.1) is 10.4 Å². The number of para-hydroxylation sites is 1. The first-order valence-corrected chi connectivity index (χ1v) is 13.1. The summed E-state index contributed by atoms with van der Waals surface area (Å²) in [5.41, 5.74) is 1.50. The number of carbonyl (C=O) groups excluding carboxylic acids is 2. The highest BCUT2D eigenvalue weighted by Gasteiger charge is 2.54. The van der Waals surface area contributed by atoms with Gasteiger partial charge in [-0.15, -0.1) is 11.3 Å². The number of hydrogen-bond acceptors (Lipinski definition) is 6. The predicted octanol–water partition coefficient (Wildman–Crippen LogP) is 4.89. The van der Waals surface area contributed by atoms with Gasteiger partial charge in [0.2, 0.25) is 0 Å². The largest absolute Gasteiger partial charge is 0.362 e. The van der Waals surface area contributed by atoms with Crippen LogP contribution in [0.2, 0.25) is 0 Å². The summed E-state index contributed by atoms with van der Waals surface area (Å²) in [4.78, 5) is 36.6. The molecule has 2 aliphatic carbocycles. The molecular weight excluding hydrogens is 444 g/mol. The summed E-state index contributed by atoms with van der Waals surface area (Å²) >= 11 is 1.31. The molecule has 1 atom stereocenters. The quantitative estimate of drug-likeness (QED) is 0.370. The lowest BCUT2D eigenvalue weighted by molar-refractivity contribution is -0.117. The molecule has 0 radical (unpaired) electrons. The van der Waals surface area contributed by atoms with Crippen molar-refractivity contribution >= 4 is 39.7 Å². The van der Waals surface area contributed by atoms with Crippen molar-refractivity contribution in [2.45, 2.75) is 44.9 Å². The number of Topliss-reactive ketones (excluding diaryl/α,β-unsaturated/α-hetero) is 1. The SMILES string of the molecule is CN(C)c1nc(CC[C@H]2CC23CCC(CNC(=O)C(=O)c2cccs2)CC3)nc2ccccc12. The van der Waals surface area contributed by atoms with Crippen LogP contribution in [0, 0.1) is 17.3 Å². The maximum Gasteiger partial charge on any atom is 0.293 e. The summed E-state index contributed by atoms with van der Waals surface area (Å²) < 4.78 is 0. The van der Waals surface area contributed by atoms with E-state index in [2.05, 4.69) is 22.3 Å². The van der Waals surface area contributed by atoms with Crippen LogP contribution in [0.5, 0.6) is 0 Å². The molecule has 1 spiro atoms. The topological polar surface area (TPSA) is 75.2 Å². The second-order valence-corrected chi connectivity index (χ2v) is 11.1. The van der Waals surface area contributed by atoms with Crippen LogP contribution in [-0.2, 0) is 11.2 Å². The van der Waals surface area contributed by atoms with Gasteiger partial charge in [0.15, 0.2) is 0 Å². The minimum absolute atomic E-state index is 0.419. The third-order valence-electron chi connectivity index (χ3n) is 7.73. The molecule has 0 saturated heterocycles. The minimum Gasteiger partial charge on any atom is -0.362 e. The van der Waals surface area contributed by atoms with Gasteiger partial charge in [-0.2, -0.15) is 0 Å². The van der Waals surface area contributed by atoms with Crippen LogP contribution in [-0.4, -0.2) is 42.3 Å². The second-order valence-electron chi connectivity index (χ2n) is 10.1. The molecule has 5 rings (SSSR count). The molecule has 2 aliphatic rings. The number of aromatic nitrogens is 2. The standard InChI is InChI=1S/C27H32N4O2S/c1-31(2)25-20-6-3-4-7-21(20)29-23(30-25)10-9-19-16-27(19)13-11-18(12-14-27)17-28-26(33)24(32)22-8-5-15-34-22/h3-8,15,18-19H,9-14,16-17H2,1-2H3,(H,28,33)/t18?,19-,27?/m0/s1. The van der Waals surface area contributed by atoms with Gasteiger partial charge in [-0.25, -0.2) is 9.97 Å². The first-order valence-electron chi connectivity index (χ1n) is 12.2. The molecule has 0 aliphatic heterocycles. The fourth-order valence-electron chi connectivity index (χ4n) is 5.61. The molecule has 1 aromatic carbocycles. The number of aryl methyl sites for hydroxylation is 1. The number of ketones is 1. The smallest absolute Gasteiger partial charge is 0.293 e. The summed E-state index contributed by atoms with van der Waals surface area (Å²) in [6.07, 6.45) is 8.06. The maximum atomic E-state index is 12.2. The van der Waals surface area contributed by atoms with Gasteiger partial charge in [0.1, 0.15) is 11.6 Å². The Hall–Kier alpha value is -2.80. The van der Waals surface area contributed by atoms with Crippen LogP contribution in [0.4, 0.5) is 5.82 Å². The molecule has 6 nitrogen and oxygen atoms in total. The Morgan fingerprint density at radius 3 is 2.65 bits per heavy atom. The Labute approximate surface area is 204 Å². The lowest BCUT2D eigenvalue weighted by Crippen LogP contribution is -2.36. The van der Waals surface area contributed by atoms with E-state index in [9.17, 15) is 9.59 Å². The van der Waals surface area contributed by atoms with Crippen molar-refractivity contribution in [1.29, 1.82) is 0 Å². The van der Waals surface area contributed by atoms with E-state index in [4.69, 9.17) is 9.97 Å². The molecule has 0 bridgehead atoms. The van der Waals surface area contributed by atoms with E-state index in [1.54, 1.807) is 12.1 Å². The van der Waals surface area contributed by atoms with Crippen LogP contribution in [0.3, 0.4) is 0 Å². The van der Waals surface area contributed by atoms with E-state index >= 15 is 0 Å². The summed E-state index contributed by atoms with van der Waals surface area (Å²) in [6, 6.07) is 11.7. The van der Waals surface area contributed by atoms with E-state index < -0.39 is 11.7 Å². The van der Waals surface area contributed by atoms with Gasteiger partial charge in [-0.05, 0) is 79.4 Å². The normalized spacial score (nSPS) is 23.7. The number of carbonyl (C=O) groups is 2. The molecule has 34 heavy (non-hydrogen) atoms. The summed E-state index contributed by atoms with van der Waals surface area (Å²) in [7, 11) is 4.07. The minimum atomic E-state index is -0.473. The molecular formula is C27H32N4O2S. The van der Waals surface area contributed by atoms with E-state index in [1.165, 1.54) is 30.6 Å². The number of benzene rings is 1. The van der Waals surface area contributed by atoms with E-state index in [0.717, 1.165) is 54.1 Å². The molecule has 2 aromatic heterocycles. The van der Waals surface area contributed by atoms with E-state index in [0.29, 0.717) is 22.8 Å².